The smallest absolute Gasteiger partial charge is 0.0352 e. The zero-order chi connectivity index (χ0) is 10.6. The summed E-state index contributed by atoms with van der Waals surface area (Å²) in [5, 5.41) is 7.14. The van der Waals surface area contributed by atoms with Gasteiger partial charge >= 0.3 is 0 Å². The summed E-state index contributed by atoms with van der Waals surface area (Å²) in [4.78, 5) is 0. The maximum Gasteiger partial charge on any atom is 0.0352 e. The summed E-state index contributed by atoms with van der Waals surface area (Å²) in [5.74, 6) is 0. The molecule has 0 bridgehead atoms. The van der Waals surface area contributed by atoms with Crippen LogP contribution in [0.15, 0.2) is 30.3 Å². The van der Waals surface area contributed by atoms with Gasteiger partial charge in [0.25, 0.3) is 0 Å². The highest BCUT2D eigenvalue weighted by Crippen LogP contribution is 2.23. The van der Waals surface area contributed by atoms with Crippen molar-refractivity contribution in [3.63, 3.8) is 0 Å². The highest BCUT2D eigenvalue weighted by Gasteiger charge is 2.30. The number of hydrogen-bond donors (Lipinski definition) is 2. The van der Waals surface area contributed by atoms with E-state index in [0.717, 1.165) is 6.54 Å². The van der Waals surface area contributed by atoms with Crippen molar-refractivity contribution in [2.75, 3.05) is 18.4 Å². The molecule has 1 aliphatic rings. The van der Waals surface area contributed by atoms with Crippen molar-refractivity contribution in [1.82, 2.24) is 5.32 Å². The zero-order valence-electron chi connectivity index (χ0n) is 9.42. The van der Waals surface area contributed by atoms with Crippen LogP contribution in [-0.4, -0.2) is 18.6 Å². The van der Waals surface area contributed by atoms with Gasteiger partial charge in [0.05, 0.1) is 0 Å². The minimum atomic E-state index is 0.329. The van der Waals surface area contributed by atoms with E-state index in [0.29, 0.717) is 5.54 Å². The predicted octanol–water partition coefficient (Wildman–Crippen LogP) is 2.63. The summed E-state index contributed by atoms with van der Waals surface area (Å²) in [5.41, 5.74) is 1.55. The number of anilines is 1. The van der Waals surface area contributed by atoms with Crippen molar-refractivity contribution in [2.24, 2.45) is 0 Å². The summed E-state index contributed by atoms with van der Waals surface area (Å²) in [6.07, 6.45) is 3.81. The standard InChI is InChI=1S/C13H20N2/c1-2-13(9-6-10-15-13)11-14-12-7-4-3-5-8-12/h3-5,7-8,14-15H,2,6,9-11H2,1H3. The second-order valence-corrected chi connectivity index (χ2v) is 4.38. The molecule has 2 heteroatoms. The Morgan fingerprint density at radius 2 is 2.13 bits per heavy atom. The van der Waals surface area contributed by atoms with Gasteiger partial charge in [-0.2, -0.15) is 0 Å². The Hall–Kier alpha value is -1.02. The second-order valence-electron chi connectivity index (χ2n) is 4.38. The maximum absolute atomic E-state index is 3.63. The van der Waals surface area contributed by atoms with E-state index in [1.165, 1.54) is 31.5 Å². The molecule has 1 aromatic rings. The number of para-hydroxylation sites is 1. The SMILES string of the molecule is CCC1(CNc2ccccc2)CCCN1. The van der Waals surface area contributed by atoms with E-state index < -0.39 is 0 Å². The van der Waals surface area contributed by atoms with E-state index in [9.17, 15) is 0 Å². The van der Waals surface area contributed by atoms with Gasteiger partial charge in [0.15, 0.2) is 0 Å². The van der Waals surface area contributed by atoms with E-state index >= 15 is 0 Å². The fourth-order valence-corrected chi connectivity index (χ4v) is 2.27. The van der Waals surface area contributed by atoms with Gasteiger partial charge in [-0.15, -0.1) is 0 Å². The fourth-order valence-electron chi connectivity index (χ4n) is 2.27. The Labute approximate surface area is 92.1 Å². The molecule has 2 nitrogen and oxygen atoms in total. The maximum atomic E-state index is 3.63. The lowest BCUT2D eigenvalue weighted by atomic mass is 9.94. The second kappa shape index (κ2) is 4.67. The van der Waals surface area contributed by atoms with Crippen LogP contribution < -0.4 is 10.6 Å². The van der Waals surface area contributed by atoms with Gasteiger partial charge in [0.1, 0.15) is 0 Å². The molecule has 0 saturated carbocycles. The van der Waals surface area contributed by atoms with Gasteiger partial charge in [0, 0.05) is 17.8 Å². The summed E-state index contributed by atoms with van der Waals surface area (Å²) >= 11 is 0. The summed E-state index contributed by atoms with van der Waals surface area (Å²) in [7, 11) is 0. The molecule has 82 valence electrons. The predicted molar refractivity (Wildman–Crippen MR) is 65.2 cm³/mol. The third kappa shape index (κ3) is 2.51. The highest BCUT2D eigenvalue weighted by molar-refractivity contribution is 5.42. The van der Waals surface area contributed by atoms with Crippen LogP contribution in [-0.2, 0) is 0 Å². The number of nitrogens with one attached hydrogen (secondary N) is 2. The van der Waals surface area contributed by atoms with Crippen LogP contribution in [0.4, 0.5) is 5.69 Å². The van der Waals surface area contributed by atoms with Crippen LogP contribution in [0.3, 0.4) is 0 Å². The van der Waals surface area contributed by atoms with Crippen LogP contribution in [0.1, 0.15) is 26.2 Å². The van der Waals surface area contributed by atoms with Gasteiger partial charge in [-0.25, -0.2) is 0 Å². The largest absolute Gasteiger partial charge is 0.383 e. The molecule has 15 heavy (non-hydrogen) atoms. The molecule has 1 unspecified atom stereocenters. The molecule has 0 amide bonds. The molecule has 0 aliphatic carbocycles. The monoisotopic (exact) mass is 204 g/mol. The van der Waals surface area contributed by atoms with E-state index in [1.807, 2.05) is 0 Å². The zero-order valence-corrected chi connectivity index (χ0v) is 9.42. The Bertz CT molecular complexity index is 289. The lowest BCUT2D eigenvalue weighted by Gasteiger charge is -2.28. The molecule has 2 N–H and O–H groups in total. The minimum Gasteiger partial charge on any atom is -0.383 e. The van der Waals surface area contributed by atoms with Crippen LogP contribution >= 0.6 is 0 Å². The highest BCUT2D eigenvalue weighted by atomic mass is 15.1. The van der Waals surface area contributed by atoms with Crippen molar-refractivity contribution in [3.05, 3.63) is 30.3 Å². The molecule has 1 saturated heterocycles. The van der Waals surface area contributed by atoms with Gasteiger partial charge < -0.3 is 10.6 Å². The van der Waals surface area contributed by atoms with Crippen molar-refractivity contribution in [3.8, 4) is 0 Å². The van der Waals surface area contributed by atoms with E-state index in [2.05, 4.69) is 47.9 Å². The minimum absolute atomic E-state index is 0.329. The summed E-state index contributed by atoms with van der Waals surface area (Å²) in [6, 6.07) is 10.4. The van der Waals surface area contributed by atoms with Crippen molar-refractivity contribution < 1.29 is 0 Å². The van der Waals surface area contributed by atoms with Crippen LogP contribution in [0.2, 0.25) is 0 Å². The van der Waals surface area contributed by atoms with Crippen molar-refractivity contribution >= 4 is 5.69 Å². The third-order valence-corrected chi connectivity index (χ3v) is 3.41. The molecule has 1 atom stereocenters. The normalized spacial score (nSPS) is 25.4. The average molecular weight is 204 g/mol. The lowest BCUT2D eigenvalue weighted by molar-refractivity contribution is 0.383. The molecule has 2 rings (SSSR count). The number of hydrogen-bond acceptors (Lipinski definition) is 2. The Morgan fingerprint density at radius 1 is 1.33 bits per heavy atom. The average Bonchev–Trinajstić information content (AvgIpc) is 2.77. The van der Waals surface area contributed by atoms with Gasteiger partial charge in [-0.3, -0.25) is 0 Å². The summed E-state index contributed by atoms with van der Waals surface area (Å²) < 4.78 is 0. The Balaban J connectivity index is 1.92. The molecule has 0 spiro atoms. The molecular weight excluding hydrogens is 184 g/mol. The molecule has 1 aromatic carbocycles. The third-order valence-electron chi connectivity index (χ3n) is 3.41. The molecule has 0 radical (unpaired) electrons. The Morgan fingerprint density at radius 3 is 2.73 bits per heavy atom. The first-order valence-corrected chi connectivity index (χ1v) is 5.89. The first kappa shape index (κ1) is 10.5. The van der Waals surface area contributed by atoms with E-state index in [-0.39, 0.29) is 0 Å². The Kier molecular flexibility index (Phi) is 3.27. The number of rotatable bonds is 4. The molecule has 1 fully saturated rings. The van der Waals surface area contributed by atoms with E-state index in [1.54, 1.807) is 0 Å². The molecular formula is C13H20N2. The first-order chi connectivity index (χ1) is 7.35. The van der Waals surface area contributed by atoms with Gasteiger partial charge in [0.2, 0.25) is 0 Å². The van der Waals surface area contributed by atoms with Crippen LogP contribution in [0.5, 0.6) is 0 Å². The van der Waals surface area contributed by atoms with Crippen LogP contribution in [0.25, 0.3) is 0 Å². The number of benzene rings is 1. The summed E-state index contributed by atoms with van der Waals surface area (Å²) in [6.45, 7) is 4.48. The first-order valence-electron chi connectivity index (χ1n) is 5.89. The van der Waals surface area contributed by atoms with Gasteiger partial charge in [-0.05, 0) is 37.9 Å². The van der Waals surface area contributed by atoms with Crippen molar-refractivity contribution in [1.29, 1.82) is 0 Å². The fraction of sp³-hybridized carbons (Fsp3) is 0.538. The quantitative estimate of drug-likeness (QED) is 0.788. The van der Waals surface area contributed by atoms with E-state index in [4.69, 9.17) is 0 Å². The molecule has 0 aromatic heterocycles. The molecule has 1 aliphatic heterocycles. The van der Waals surface area contributed by atoms with Crippen molar-refractivity contribution in [2.45, 2.75) is 31.7 Å². The lowest BCUT2D eigenvalue weighted by Crippen LogP contribution is -2.45. The topological polar surface area (TPSA) is 24.1 Å². The molecule has 1 heterocycles. The van der Waals surface area contributed by atoms with Gasteiger partial charge in [-0.1, -0.05) is 25.1 Å². The van der Waals surface area contributed by atoms with Crippen LogP contribution in [0, 0.1) is 0 Å².